The lowest BCUT2D eigenvalue weighted by atomic mass is 10.1. The highest BCUT2D eigenvalue weighted by Gasteiger charge is 2.20. The lowest BCUT2D eigenvalue weighted by Gasteiger charge is -2.26. The fourth-order valence-corrected chi connectivity index (χ4v) is 2.74. The molecule has 1 unspecified atom stereocenters. The van der Waals surface area contributed by atoms with E-state index in [4.69, 9.17) is 4.74 Å². The standard InChI is InChI=1S/C19H21N3O3/c1-14(15-5-3-2-4-6-15)21-18(23)16-11-17(13-20-12-16)19(24)22-7-9-25-10-8-22/h2-6,11-14H,7-10H2,1H3,(H,21,23). The van der Waals surface area contributed by atoms with Crippen molar-refractivity contribution in [3.63, 3.8) is 0 Å². The van der Waals surface area contributed by atoms with Gasteiger partial charge < -0.3 is 15.0 Å². The average molecular weight is 339 g/mol. The number of aromatic nitrogens is 1. The van der Waals surface area contributed by atoms with Gasteiger partial charge in [0.05, 0.1) is 30.4 Å². The zero-order chi connectivity index (χ0) is 17.6. The van der Waals surface area contributed by atoms with Crippen molar-refractivity contribution in [1.29, 1.82) is 0 Å². The Morgan fingerprint density at radius 3 is 2.52 bits per heavy atom. The highest BCUT2D eigenvalue weighted by Crippen LogP contribution is 2.13. The van der Waals surface area contributed by atoms with Gasteiger partial charge in [0.25, 0.3) is 11.8 Å². The summed E-state index contributed by atoms with van der Waals surface area (Å²) >= 11 is 0. The minimum Gasteiger partial charge on any atom is -0.378 e. The SMILES string of the molecule is CC(NC(=O)c1cncc(C(=O)N2CCOCC2)c1)c1ccccc1. The van der Waals surface area contributed by atoms with Crippen LogP contribution in [0.5, 0.6) is 0 Å². The van der Waals surface area contributed by atoms with Crippen LogP contribution in [0.4, 0.5) is 0 Å². The molecule has 6 nitrogen and oxygen atoms in total. The van der Waals surface area contributed by atoms with Gasteiger partial charge in [-0.2, -0.15) is 0 Å². The molecule has 1 N–H and O–H groups in total. The van der Waals surface area contributed by atoms with Gasteiger partial charge in [-0.05, 0) is 18.6 Å². The molecule has 2 amide bonds. The van der Waals surface area contributed by atoms with E-state index in [9.17, 15) is 9.59 Å². The van der Waals surface area contributed by atoms with Crippen molar-refractivity contribution in [2.75, 3.05) is 26.3 Å². The summed E-state index contributed by atoms with van der Waals surface area (Å²) in [5, 5.41) is 2.93. The molecule has 25 heavy (non-hydrogen) atoms. The van der Waals surface area contributed by atoms with Gasteiger partial charge in [-0.1, -0.05) is 30.3 Å². The van der Waals surface area contributed by atoms with E-state index in [0.717, 1.165) is 5.56 Å². The van der Waals surface area contributed by atoms with Crippen molar-refractivity contribution < 1.29 is 14.3 Å². The Balaban J connectivity index is 1.70. The van der Waals surface area contributed by atoms with Crippen LogP contribution < -0.4 is 5.32 Å². The molecule has 1 atom stereocenters. The number of benzene rings is 1. The van der Waals surface area contributed by atoms with Gasteiger partial charge in [-0.3, -0.25) is 14.6 Å². The average Bonchev–Trinajstić information content (AvgIpc) is 2.68. The maximum absolute atomic E-state index is 12.5. The Morgan fingerprint density at radius 2 is 1.80 bits per heavy atom. The molecule has 1 aromatic carbocycles. The predicted octanol–water partition coefficient (Wildman–Crippen LogP) is 2.04. The van der Waals surface area contributed by atoms with Gasteiger partial charge in [0.1, 0.15) is 0 Å². The van der Waals surface area contributed by atoms with E-state index in [-0.39, 0.29) is 17.9 Å². The first-order chi connectivity index (χ1) is 12.1. The number of hydrogen-bond acceptors (Lipinski definition) is 4. The van der Waals surface area contributed by atoms with Crippen LogP contribution in [0.1, 0.15) is 39.2 Å². The highest BCUT2D eigenvalue weighted by molar-refractivity contribution is 5.99. The van der Waals surface area contributed by atoms with Crippen molar-refractivity contribution in [2.24, 2.45) is 0 Å². The zero-order valence-corrected chi connectivity index (χ0v) is 14.1. The largest absolute Gasteiger partial charge is 0.378 e. The van der Waals surface area contributed by atoms with Gasteiger partial charge in [-0.25, -0.2) is 0 Å². The molecule has 130 valence electrons. The van der Waals surface area contributed by atoms with Gasteiger partial charge in [-0.15, -0.1) is 0 Å². The summed E-state index contributed by atoms with van der Waals surface area (Å²) in [6.07, 6.45) is 2.97. The van der Waals surface area contributed by atoms with E-state index in [1.54, 1.807) is 11.0 Å². The van der Waals surface area contributed by atoms with Gasteiger partial charge in [0.15, 0.2) is 0 Å². The number of ether oxygens (including phenoxy) is 1. The van der Waals surface area contributed by atoms with Crippen molar-refractivity contribution >= 4 is 11.8 Å². The molecule has 1 fully saturated rings. The van der Waals surface area contributed by atoms with E-state index in [0.29, 0.717) is 37.4 Å². The highest BCUT2D eigenvalue weighted by atomic mass is 16.5. The summed E-state index contributed by atoms with van der Waals surface area (Å²) in [4.78, 5) is 30.8. The van der Waals surface area contributed by atoms with Crippen molar-refractivity contribution in [1.82, 2.24) is 15.2 Å². The van der Waals surface area contributed by atoms with Crippen LogP contribution in [0.2, 0.25) is 0 Å². The summed E-state index contributed by atoms with van der Waals surface area (Å²) in [6.45, 7) is 4.10. The molecule has 2 aromatic rings. The number of carbonyl (C=O) groups is 2. The lowest BCUT2D eigenvalue weighted by Crippen LogP contribution is -2.40. The molecular formula is C19H21N3O3. The first-order valence-electron chi connectivity index (χ1n) is 8.33. The second kappa shape index (κ2) is 7.90. The number of carbonyl (C=O) groups excluding carboxylic acids is 2. The maximum atomic E-state index is 12.5. The van der Waals surface area contributed by atoms with E-state index in [2.05, 4.69) is 10.3 Å². The van der Waals surface area contributed by atoms with Crippen LogP contribution in [-0.2, 0) is 4.74 Å². The van der Waals surface area contributed by atoms with E-state index >= 15 is 0 Å². The summed E-state index contributed by atoms with van der Waals surface area (Å²) in [5.74, 6) is -0.373. The minimum atomic E-state index is -0.250. The zero-order valence-electron chi connectivity index (χ0n) is 14.1. The Hall–Kier alpha value is -2.73. The number of nitrogens with zero attached hydrogens (tertiary/aromatic N) is 2. The van der Waals surface area contributed by atoms with Gasteiger partial charge >= 0.3 is 0 Å². The van der Waals surface area contributed by atoms with E-state index in [1.165, 1.54) is 12.4 Å². The number of nitrogens with one attached hydrogen (secondary N) is 1. The molecule has 6 heteroatoms. The summed E-state index contributed by atoms with van der Waals surface area (Å²) in [5.41, 5.74) is 1.81. The van der Waals surface area contributed by atoms with E-state index < -0.39 is 0 Å². The summed E-state index contributed by atoms with van der Waals surface area (Å²) in [7, 11) is 0. The monoisotopic (exact) mass is 339 g/mol. The second-order valence-corrected chi connectivity index (χ2v) is 5.97. The van der Waals surface area contributed by atoms with Crippen molar-refractivity contribution in [2.45, 2.75) is 13.0 Å². The van der Waals surface area contributed by atoms with Crippen LogP contribution in [0, 0.1) is 0 Å². The Kier molecular flexibility index (Phi) is 5.40. The molecule has 0 spiro atoms. The number of rotatable bonds is 4. The molecule has 2 heterocycles. The molecule has 1 saturated heterocycles. The van der Waals surface area contributed by atoms with Crippen LogP contribution in [0.15, 0.2) is 48.8 Å². The molecule has 0 bridgehead atoms. The molecule has 0 saturated carbocycles. The minimum absolute atomic E-state index is 0.124. The Labute approximate surface area is 146 Å². The number of amides is 2. The maximum Gasteiger partial charge on any atom is 0.255 e. The van der Waals surface area contributed by atoms with Gasteiger partial charge in [0, 0.05) is 25.5 Å². The molecule has 1 aliphatic heterocycles. The molecule has 0 radical (unpaired) electrons. The number of pyridine rings is 1. The first-order valence-corrected chi connectivity index (χ1v) is 8.33. The smallest absolute Gasteiger partial charge is 0.255 e. The number of hydrogen-bond donors (Lipinski definition) is 1. The third-order valence-corrected chi connectivity index (χ3v) is 4.19. The summed E-state index contributed by atoms with van der Waals surface area (Å²) < 4.78 is 5.26. The fourth-order valence-electron chi connectivity index (χ4n) is 2.74. The normalized spacial score (nSPS) is 15.5. The van der Waals surface area contributed by atoms with Crippen LogP contribution in [-0.4, -0.2) is 48.0 Å². The third kappa shape index (κ3) is 4.22. The van der Waals surface area contributed by atoms with E-state index in [1.807, 2.05) is 37.3 Å². The second-order valence-electron chi connectivity index (χ2n) is 5.97. The van der Waals surface area contributed by atoms with Gasteiger partial charge in [0.2, 0.25) is 0 Å². The molecule has 0 aliphatic carbocycles. The predicted molar refractivity (Wildman–Crippen MR) is 93.3 cm³/mol. The Morgan fingerprint density at radius 1 is 1.12 bits per heavy atom. The van der Waals surface area contributed by atoms with Crippen LogP contribution >= 0.6 is 0 Å². The molecule has 1 aliphatic rings. The Bertz CT molecular complexity index is 743. The van der Waals surface area contributed by atoms with Crippen LogP contribution in [0.3, 0.4) is 0 Å². The lowest BCUT2D eigenvalue weighted by molar-refractivity contribution is 0.0302. The summed E-state index contributed by atoms with van der Waals surface area (Å²) in [6, 6.07) is 11.2. The quantitative estimate of drug-likeness (QED) is 0.925. The topological polar surface area (TPSA) is 71.5 Å². The van der Waals surface area contributed by atoms with Crippen molar-refractivity contribution in [3.05, 3.63) is 65.5 Å². The van der Waals surface area contributed by atoms with Crippen LogP contribution in [0.25, 0.3) is 0 Å². The molecular weight excluding hydrogens is 318 g/mol. The molecule has 1 aromatic heterocycles. The van der Waals surface area contributed by atoms with Crippen molar-refractivity contribution in [3.8, 4) is 0 Å². The fraction of sp³-hybridized carbons (Fsp3) is 0.316. The molecule has 3 rings (SSSR count). The number of morpholine rings is 1. The third-order valence-electron chi connectivity index (χ3n) is 4.19. The first kappa shape index (κ1) is 17.1.